The van der Waals surface area contributed by atoms with Crippen molar-refractivity contribution in [2.45, 2.75) is 19.6 Å². The van der Waals surface area contributed by atoms with E-state index in [1.807, 2.05) is 18.2 Å². The lowest BCUT2D eigenvalue weighted by Crippen LogP contribution is -2.37. The highest BCUT2D eigenvalue weighted by atomic mass is 127. The van der Waals surface area contributed by atoms with Crippen molar-refractivity contribution in [1.29, 1.82) is 0 Å². The lowest BCUT2D eigenvalue weighted by molar-refractivity contribution is 0.185. The van der Waals surface area contributed by atoms with E-state index in [9.17, 15) is 0 Å². The van der Waals surface area contributed by atoms with Gasteiger partial charge in [0.2, 0.25) is 0 Å². The molecule has 5 nitrogen and oxygen atoms in total. The first-order chi connectivity index (χ1) is 12.3. The predicted molar refractivity (Wildman–Crippen MR) is 117 cm³/mol. The van der Waals surface area contributed by atoms with Crippen molar-refractivity contribution in [1.82, 2.24) is 10.6 Å². The number of methoxy groups -OCH3 is 2. The van der Waals surface area contributed by atoms with Crippen molar-refractivity contribution in [3.05, 3.63) is 65.2 Å². The van der Waals surface area contributed by atoms with E-state index in [4.69, 9.17) is 9.47 Å². The van der Waals surface area contributed by atoms with Crippen LogP contribution >= 0.6 is 24.0 Å². The number of halogens is 1. The number of nitrogens with one attached hydrogen (secondary N) is 2. The zero-order chi connectivity index (χ0) is 17.9. The van der Waals surface area contributed by atoms with E-state index < -0.39 is 0 Å². The van der Waals surface area contributed by atoms with Gasteiger partial charge in [0.05, 0.1) is 13.7 Å². The monoisotopic (exact) mass is 469 g/mol. The van der Waals surface area contributed by atoms with Crippen molar-refractivity contribution in [2.75, 3.05) is 27.8 Å². The maximum Gasteiger partial charge on any atom is 0.191 e. The van der Waals surface area contributed by atoms with Gasteiger partial charge in [-0.15, -0.1) is 24.0 Å². The lowest BCUT2D eigenvalue weighted by Gasteiger charge is -2.13. The molecule has 0 atom stereocenters. The molecule has 0 aliphatic carbocycles. The fraction of sp³-hybridized carbons (Fsp3) is 0.350. The second kappa shape index (κ2) is 12.5. The summed E-state index contributed by atoms with van der Waals surface area (Å²) in [6, 6.07) is 16.4. The maximum absolute atomic E-state index is 5.38. The summed E-state index contributed by atoms with van der Waals surface area (Å²) in [4.78, 5) is 4.27. The van der Waals surface area contributed by atoms with Crippen LogP contribution in [0.15, 0.2) is 53.5 Å². The number of hydrogen-bond donors (Lipinski definition) is 2. The Bertz CT molecular complexity index is 675. The summed E-state index contributed by atoms with van der Waals surface area (Å²) in [6.45, 7) is 2.15. The Hall–Kier alpha value is -1.80. The van der Waals surface area contributed by atoms with E-state index in [-0.39, 0.29) is 24.0 Å². The molecule has 0 radical (unpaired) electrons. The molecule has 6 heteroatoms. The molecule has 0 fully saturated rings. The standard InChI is InChI=1S/C20H27N3O2.HI/c1-21-20(22-13-12-18-6-4-5-7-19(18)25-3)23-14-16-8-10-17(11-9-16)15-24-2;/h4-11H,12-15H2,1-3H3,(H2,21,22,23);1H. The summed E-state index contributed by atoms with van der Waals surface area (Å²) in [7, 11) is 5.18. The van der Waals surface area contributed by atoms with Gasteiger partial charge in [0, 0.05) is 27.2 Å². The molecule has 2 rings (SSSR count). The van der Waals surface area contributed by atoms with Gasteiger partial charge >= 0.3 is 0 Å². The third-order valence-electron chi connectivity index (χ3n) is 3.90. The summed E-state index contributed by atoms with van der Waals surface area (Å²) < 4.78 is 10.5. The summed E-state index contributed by atoms with van der Waals surface area (Å²) >= 11 is 0. The normalized spacial score (nSPS) is 10.8. The number of guanidine groups is 1. The highest BCUT2D eigenvalue weighted by molar-refractivity contribution is 14.0. The first-order valence-electron chi connectivity index (χ1n) is 8.40. The van der Waals surface area contributed by atoms with E-state index in [1.54, 1.807) is 21.3 Å². The number of rotatable bonds is 8. The van der Waals surface area contributed by atoms with Crippen LogP contribution in [0, 0.1) is 0 Å². The zero-order valence-electron chi connectivity index (χ0n) is 15.6. The topological polar surface area (TPSA) is 54.9 Å². The first-order valence-corrected chi connectivity index (χ1v) is 8.40. The molecule has 26 heavy (non-hydrogen) atoms. The SMILES string of the molecule is CN=C(NCCc1ccccc1OC)NCc1ccc(COC)cc1.I. The fourth-order valence-corrected chi connectivity index (χ4v) is 2.55. The van der Waals surface area contributed by atoms with Crippen LogP contribution in [0.3, 0.4) is 0 Å². The molecule has 0 unspecified atom stereocenters. The first kappa shape index (κ1) is 22.2. The molecule has 0 spiro atoms. The van der Waals surface area contributed by atoms with Gasteiger partial charge in [0.25, 0.3) is 0 Å². The number of aliphatic imine (C=N–C) groups is 1. The summed E-state index contributed by atoms with van der Waals surface area (Å²) in [5.41, 5.74) is 3.56. The van der Waals surface area contributed by atoms with Gasteiger partial charge in [0.15, 0.2) is 5.96 Å². The van der Waals surface area contributed by atoms with Crippen LogP contribution in [0.25, 0.3) is 0 Å². The van der Waals surface area contributed by atoms with Crippen molar-refractivity contribution in [3.8, 4) is 5.75 Å². The highest BCUT2D eigenvalue weighted by Gasteiger charge is 2.03. The average Bonchev–Trinajstić information content (AvgIpc) is 2.66. The zero-order valence-corrected chi connectivity index (χ0v) is 17.9. The number of nitrogens with zero attached hydrogens (tertiary/aromatic N) is 1. The lowest BCUT2D eigenvalue weighted by atomic mass is 10.1. The Morgan fingerprint density at radius 2 is 1.65 bits per heavy atom. The Labute approximate surface area is 173 Å². The van der Waals surface area contributed by atoms with Crippen molar-refractivity contribution in [2.24, 2.45) is 4.99 Å². The average molecular weight is 469 g/mol. The van der Waals surface area contributed by atoms with Crippen LogP contribution in [-0.4, -0.2) is 33.8 Å². The summed E-state index contributed by atoms with van der Waals surface area (Å²) in [5, 5.41) is 6.66. The molecule has 0 aliphatic heterocycles. The highest BCUT2D eigenvalue weighted by Crippen LogP contribution is 2.17. The largest absolute Gasteiger partial charge is 0.496 e. The molecule has 0 aliphatic rings. The van der Waals surface area contributed by atoms with Crippen molar-refractivity contribution >= 4 is 29.9 Å². The predicted octanol–water partition coefficient (Wildman–Crippen LogP) is 3.37. The number of hydrogen-bond acceptors (Lipinski definition) is 3. The second-order valence-electron chi connectivity index (χ2n) is 5.66. The van der Waals surface area contributed by atoms with E-state index in [0.717, 1.165) is 31.2 Å². The second-order valence-corrected chi connectivity index (χ2v) is 5.66. The van der Waals surface area contributed by atoms with Crippen molar-refractivity contribution in [3.63, 3.8) is 0 Å². The minimum atomic E-state index is 0. The van der Waals surface area contributed by atoms with E-state index in [0.29, 0.717) is 6.61 Å². The molecule has 0 aromatic heterocycles. The molecule has 0 bridgehead atoms. The molecule has 0 amide bonds. The van der Waals surface area contributed by atoms with E-state index in [2.05, 4.69) is 46.0 Å². The van der Waals surface area contributed by atoms with Crippen LogP contribution in [0.5, 0.6) is 5.75 Å². The third kappa shape index (κ3) is 7.21. The quantitative estimate of drug-likeness (QED) is 0.354. The van der Waals surface area contributed by atoms with Crippen LogP contribution in [0.1, 0.15) is 16.7 Å². The van der Waals surface area contributed by atoms with Gasteiger partial charge in [-0.2, -0.15) is 0 Å². The molecule has 0 heterocycles. The smallest absolute Gasteiger partial charge is 0.191 e. The van der Waals surface area contributed by atoms with Crippen LogP contribution < -0.4 is 15.4 Å². The fourth-order valence-electron chi connectivity index (χ4n) is 2.55. The van der Waals surface area contributed by atoms with Gasteiger partial charge < -0.3 is 20.1 Å². The molecule has 142 valence electrons. The van der Waals surface area contributed by atoms with Crippen LogP contribution in [0.4, 0.5) is 0 Å². The molecule has 0 saturated carbocycles. The van der Waals surface area contributed by atoms with Gasteiger partial charge in [-0.25, -0.2) is 0 Å². The maximum atomic E-state index is 5.38. The number of benzene rings is 2. The van der Waals surface area contributed by atoms with Gasteiger partial charge in [-0.05, 0) is 29.2 Å². The minimum absolute atomic E-state index is 0. The Balaban J connectivity index is 0.00000338. The molecule has 2 aromatic rings. The van der Waals surface area contributed by atoms with E-state index in [1.165, 1.54) is 16.7 Å². The van der Waals surface area contributed by atoms with E-state index >= 15 is 0 Å². The third-order valence-corrected chi connectivity index (χ3v) is 3.90. The minimum Gasteiger partial charge on any atom is -0.496 e. The Morgan fingerprint density at radius 1 is 0.962 bits per heavy atom. The molecular weight excluding hydrogens is 441 g/mol. The summed E-state index contributed by atoms with van der Waals surface area (Å²) in [6.07, 6.45) is 0.871. The summed E-state index contributed by atoms with van der Waals surface area (Å²) in [5.74, 6) is 1.71. The van der Waals surface area contributed by atoms with Gasteiger partial charge in [-0.1, -0.05) is 42.5 Å². The molecular formula is C20H28IN3O2. The van der Waals surface area contributed by atoms with Crippen LogP contribution in [0.2, 0.25) is 0 Å². The molecule has 2 N–H and O–H groups in total. The Kier molecular flexibility index (Phi) is 10.7. The molecule has 0 saturated heterocycles. The Morgan fingerprint density at radius 3 is 2.31 bits per heavy atom. The van der Waals surface area contributed by atoms with Gasteiger partial charge in [-0.3, -0.25) is 4.99 Å². The van der Waals surface area contributed by atoms with Gasteiger partial charge in [0.1, 0.15) is 5.75 Å². The molecule has 2 aromatic carbocycles. The number of ether oxygens (including phenoxy) is 2. The number of para-hydroxylation sites is 1. The van der Waals surface area contributed by atoms with Crippen LogP contribution in [-0.2, 0) is 24.3 Å². The van der Waals surface area contributed by atoms with Crippen molar-refractivity contribution < 1.29 is 9.47 Å².